The van der Waals surface area contributed by atoms with Crippen molar-refractivity contribution in [3.8, 4) is 5.75 Å². The maximum atomic E-state index is 5.77. The zero-order chi connectivity index (χ0) is 15.2. The first-order valence-electron chi connectivity index (χ1n) is 7.53. The maximum absolute atomic E-state index is 5.77. The second-order valence-electron chi connectivity index (χ2n) is 5.03. The molecule has 0 saturated heterocycles. The lowest BCUT2D eigenvalue weighted by Crippen LogP contribution is -2.23. The molecule has 0 fully saturated rings. The Morgan fingerprint density at radius 3 is 2.62 bits per heavy atom. The summed E-state index contributed by atoms with van der Waals surface area (Å²) in [6.07, 6.45) is 0.900. The molecule has 0 aliphatic rings. The molecule has 1 atom stereocenters. The van der Waals surface area contributed by atoms with Crippen LogP contribution in [0.3, 0.4) is 0 Å². The lowest BCUT2D eigenvalue weighted by Gasteiger charge is -2.20. The van der Waals surface area contributed by atoms with E-state index in [2.05, 4.69) is 43.2 Å². The molecule has 0 amide bonds. The number of aryl methyl sites for hydroxylation is 2. The van der Waals surface area contributed by atoms with Crippen LogP contribution in [0.15, 0.2) is 24.3 Å². The van der Waals surface area contributed by atoms with E-state index >= 15 is 0 Å². The monoisotopic (exact) mass is 304 g/mol. The zero-order valence-corrected chi connectivity index (χ0v) is 14.1. The van der Waals surface area contributed by atoms with Crippen LogP contribution in [0.5, 0.6) is 5.75 Å². The second kappa shape index (κ2) is 7.57. The van der Waals surface area contributed by atoms with E-state index in [-0.39, 0.29) is 6.04 Å². The van der Waals surface area contributed by atoms with E-state index in [0.29, 0.717) is 6.61 Å². The molecule has 1 aromatic heterocycles. The average molecular weight is 304 g/mol. The van der Waals surface area contributed by atoms with E-state index in [1.807, 2.05) is 19.1 Å². The number of likely N-dealkylation sites (N-methyl/N-ethyl adjacent to an activating group) is 1. The number of thiazole rings is 1. The van der Waals surface area contributed by atoms with Crippen molar-refractivity contribution in [1.29, 1.82) is 0 Å². The predicted octanol–water partition coefficient (Wildman–Crippen LogP) is 4.05. The Kier molecular flexibility index (Phi) is 5.76. The van der Waals surface area contributed by atoms with Crippen molar-refractivity contribution >= 4 is 11.3 Å². The number of benzene rings is 1. The first kappa shape index (κ1) is 16.0. The molecule has 1 aromatic carbocycles. The molecule has 0 aliphatic carbocycles. The van der Waals surface area contributed by atoms with Gasteiger partial charge in [0.2, 0.25) is 0 Å². The molecule has 0 aliphatic heterocycles. The van der Waals surface area contributed by atoms with Crippen molar-refractivity contribution in [1.82, 2.24) is 10.3 Å². The standard InChI is InChI=1S/C17H24N2OS/c1-5-18-15(11-17-19-12(3)13(4)21-17)14-9-7-8-10-16(14)20-6-2/h7-10,15,18H,5-6,11H2,1-4H3. The number of hydrogen-bond donors (Lipinski definition) is 1. The molecule has 0 bridgehead atoms. The number of para-hydroxylation sites is 1. The fraction of sp³-hybridized carbons (Fsp3) is 0.471. The molecule has 114 valence electrons. The fourth-order valence-electron chi connectivity index (χ4n) is 2.39. The van der Waals surface area contributed by atoms with Crippen LogP contribution in [0, 0.1) is 13.8 Å². The number of hydrogen-bond acceptors (Lipinski definition) is 4. The van der Waals surface area contributed by atoms with E-state index in [0.717, 1.165) is 24.4 Å². The Labute approximate surface area is 131 Å². The van der Waals surface area contributed by atoms with E-state index in [1.54, 1.807) is 11.3 Å². The van der Waals surface area contributed by atoms with Gasteiger partial charge in [-0.25, -0.2) is 4.98 Å². The summed E-state index contributed by atoms with van der Waals surface area (Å²) < 4.78 is 5.77. The molecule has 0 spiro atoms. The maximum Gasteiger partial charge on any atom is 0.124 e. The van der Waals surface area contributed by atoms with Gasteiger partial charge in [0.05, 0.1) is 17.3 Å². The predicted molar refractivity (Wildman–Crippen MR) is 89.3 cm³/mol. The quantitative estimate of drug-likeness (QED) is 0.838. The number of rotatable bonds is 7. The van der Waals surface area contributed by atoms with Crippen LogP contribution < -0.4 is 10.1 Å². The molecule has 1 N–H and O–H groups in total. The summed E-state index contributed by atoms with van der Waals surface area (Å²) in [6, 6.07) is 8.52. The molecule has 0 saturated carbocycles. The van der Waals surface area contributed by atoms with Crippen LogP contribution in [0.25, 0.3) is 0 Å². The SMILES string of the molecule is CCNC(Cc1nc(C)c(C)s1)c1ccccc1OCC. The van der Waals surface area contributed by atoms with Gasteiger partial charge in [-0.1, -0.05) is 25.1 Å². The molecule has 21 heavy (non-hydrogen) atoms. The summed E-state index contributed by atoms with van der Waals surface area (Å²) in [5.74, 6) is 0.968. The third-order valence-electron chi connectivity index (χ3n) is 3.50. The van der Waals surface area contributed by atoms with Crippen molar-refractivity contribution in [3.05, 3.63) is 45.4 Å². The van der Waals surface area contributed by atoms with Gasteiger partial charge in [0.25, 0.3) is 0 Å². The molecule has 3 nitrogen and oxygen atoms in total. The molecule has 2 aromatic rings. The van der Waals surface area contributed by atoms with Crippen molar-refractivity contribution in [2.45, 2.75) is 40.2 Å². The Bertz CT molecular complexity index is 560. The van der Waals surface area contributed by atoms with Gasteiger partial charge in [-0.2, -0.15) is 0 Å². The van der Waals surface area contributed by atoms with Gasteiger partial charge in [0, 0.05) is 22.9 Å². The molecule has 1 heterocycles. The third kappa shape index (κ3) is 4.05. The van der Waals surface area contributed by atoms with Gasteiger partial charge in [-0.05, 0) is 33.4 Å². The molecule has 4 heteroatoms. The average Bonchev–Trinajstić information content (AvgIpc) is 2.78. The third-order valence-corrected chi connectivity index (χ3v) is 4.59. The van der Waals surface area contributed by atoms with Crippen LogP contribution in [0.2, 0.25) is 0 Å². The van der Waals surface area contributed by atoms with Crippen molar-refractivity contribution in [2.24, 2.45) is 0 Å². The summed E-state index contributed by atoms with van der Waals surface area (Å²) in [4.78, 5) is 5.98. The summed E-state index contributed by atoms with van der Waals surface area (Å²) in [5, 5.41) is 4.74. The molecule has 0 radical (unpaired) electrons. The van der Waals surface area contributed by atoms with E-state index in [1.165, 1.54) is 15.4 Å². The zero-order valence-electron chi connectivity index (χ0n) is 13.3. The first-order chi connectivity index (χ1) is 10.2. The van der Waals surface area contributed by atoms with Gasteiger partial charge in [0.15, 0.2) is 0 Å². The minimum atomic E-state index is 0.239. The topological polar surface area (TPSA) is 34.2 Å². The molecule has 1 unspecified atom stereocenters. The smallest absolute Gasteiger partial charge is 0.124 e. The van der Waals surface area contributed by atoms with Crippen molar-refractivity contribution < 1.29 is 4.74 Å². The highest BCUT2D eigenvalue weighted by Crippen LogP contribution is 2.29. The van der Waals surface area contributed by atoms with Crippen molar-refractivity contribution in [3.63, 3.8) is 0 Å². The molecule has 2 rings (SSSR count). The largest absolute Gasteiger partial charge is 0.494 e. The van der Waals surface area contributed by atoms with Crippen molar-refractivity contribution in [2.75, 3.05) is 13.2 Å². The summed E-state index contributed by atoms with van der Waals surface area (Å²) in [5.41, 5.74) is 2.36. The van der Waals surface area contributed by atoms with Crippen LogP contribution in [-0.2, 0) is 6.42 Å². The number of aromatic nitrogens is 1. The Balaban J connectivity index is 2.26. The summed E-state index contributed by atoms with van der Waals surface area (Å²) >= 11 is 1.79. The number of ether oxygens (including phenoxy) is 1. The van der Waals surface area contributed by atoms with E-state index < -0.39 is 0 Å². The fourth-order valence-corrected chi connectivity index (χ4v) is 3.37. The van der Waals surface area contributed by atoms with Gasteiger partial charge in [-0.3, -0.25) is 0 Å². The van der Waals surface area contributed by atoms with Gasteiger partial charge < -0.3 is 10.1 Å². The first-order valence-corrected chi connectivity index (χ1v) is 8.35. The van der Waals surface area contributed by atoms with E-state index in [4.69, 9.17) is 4.74 Å². The minimum Gasteiger partial charge on any atom is -0.494 e. The Hall–Kier alpha value is -1.39. The Morgan fingerprint density at radius 2 is 2.00 bits per heavy atom. The van der Waals surface area contributed by atoms with Gasteiger partial charge in [-0.15, -0.1) is 11.3 Å². The van der Waals surface area contributed by atoms with Gasteiger partial charge in [0.1, 0.15) is 5.75 Å². The van der Waals surface area contributed by atoms with Gasteiger partial charge >= 0.3 is 0 Å². The highest BCUT2D eigenvalue weighted by atomic mass is 32.1. The lowest BCUT2D eigenvalue weighted by atomic mass is 10.0. The van der Waals surface area contributed by atoms with Crippen LogP contribution >= 0.6 is 11.3 Å². The van der Waals surface area contributed by atoms with E-state index in [9.17, 15) is 0 Å². The molecular formula is C17H24N2OS. The molecular weight excluding hydrogens is 280 g/mol. The van der Waals surface area contributed by atoms with Crippen LogP contribution in [0.1, 0.15) is 41.0 Å². The number of nitrogens with zero attached hydrogens (tertiary/aromatic N) is 1. The Morgan fingerprint density at radius 1 is 1.24 bits per heavy atom. The number of nitrogens with one attached hydrogen (secondary N) is 1. The summed E-state index contributed by atoms with van der Waals surface area (Å²) in [6.45, 7) is 9.97. The normalized spacial score (nSPS) is 12.4. The van der Waals surface area contributed by atoms with Crippen LogP contribution in [-0.4, -0.2) is 18.1 Å². The highest BCUT2D eigenvalue weighted by Gasteiger charge is 2.17. The second-order valence-corrected chi connectivity index (χ2v) is 6.32. The minimum absolute atomic E-state index is 0.239. The summed E-state index contributed by atoms with van der Waals surface area (Å²) in [7, 11) is 0. The highest BCUT2D eigenvalue weighted by molar-refractivity contribution is 7.11. The van der Waals surface area contributed by atoms with Crippen LogP contribution in [0.4, 0.5) is 0 Å². The lowest BCUT2D eigenvalue weighted by molar-refractivity contribution is 0.331.